The molecule has 0 saturated heterocycles. The van der Waals surface area contributed by atoms with Crippen molar-refractivity contribution >= 4 is 11.6 Å². The van der Waals surface area contributed by atoms with Crippen molar-refractivity contribution in [3.05, 3.63) is 59.4 Å². The van der Waals surface area contributed by atoms with Gasteiger partial charge in [-0.3, -0.25) is 9.48 Å². The monoisotopic (exact) mass is 365 g/mol. The number of anilines is 1. The lowest BCUT2D eigenvalue weighted by atomic mass is 10.1. The molecule has 0 unspecified atom stereocenters. The van der Waals surface area contributed by atoms with Gasteiger partial charge in [0.2, 0.25) is 5.82 Å². The van der Waals surface area contributed by atoms with Gasteiger partial charge < -0.3 is 15.2 Å². The molecule has 0 aliphatic carbocycles. The van der Waals surface area contributed by atoms with E-state index in [1.807, 2.05) is 55.3 Å². The summed E-state index contributed by atoms with van der Waals surface area (Å²) in [5, 5.41) is 15.7. The van der Waals surface area contributed by atoms with E-state index in [4.69, 9.17) is 0 Å². The maximum absolute atomic E-state index is 12.6. The third-order valence-electron chi connectivity index (χ3n) is 4.82. The highest BCUT2D eigenvalue weighted by Crippen LogP contribution is 2.23. The fraction of sp³-hybridized carbons (Fsp3) is 0.368. The molecule has 3 aromatic rings. The summed E-state index contributed by atoms with van der Waals surface area (Å²) in [6.07, 6.45) is 4.31. The summed E-state index contributed by atoms with van der Waals surface area (Å²) in [6.45, 7) is 0.732. The van der Waals surface area contributed by atoms with Crippen molar-refractivity contribution in [2.45, 2.75) is 25.3 Å². The third-order valence-corrected chi connectivity index (χ3v) is 4.82. The molecule has 3 heterocycles. The van der Waals surface area contributed by atoms with Gasteiger partial charge in [0.15, 0.2) is 0 Å². The summed E-state index contributed by atoms with van der Waals surface area (Å²) in [5.74, 6) is 0.714. The molecule has 140 valence electrons. The van der Waals surface area contributed by atoms with Gasteiger partial charge in [-0.05, 0) is 18.4 Å². The first-order valence-corrected chi connectivity index (χ1v) is 9.08. The minimum Gasteiger partial charge on any atom is -0.370 e. The highest BCUT2D eigenvalue weighted by Gasteiger charge is 2.24. The van der Waals surface area contributed by atoms with E-state index in [9.17, 15) is 4.79 Å². The van der Waals surface area contributed by atoms with Crippen molar-refractivity contribution in [3.8, 4) is 0 Å². The molecule has 1 aromatic carbocycles. The molecule has 1 aliphatic heterocycles. The first kappa shape index (κ1) is 17.3. The van der Waals surface area contributed by atoms with Crippen LogP contribution >= 0.6 is 0 Å². The normalized spacial score (nSPS) is 16.7. The number of H-pyrrole nitrogens is 1. The molecule has 0 bridgehead atoms. The van der Waals surface area contributed by atoms with Crippen molar-refractivity contribution in [1.82, 2.24) is 30.3 Å². The predicted molar refractivity (Wildman–Crippen MR) is 102 cm³/mol. The van der Waals surface area contributed by atoms with Gasteiger partial charge >= 0.3 is 0 Å². The predicted octanol–water partition coefficient (Wildman–Crippen LogP) is 1.31. The van der Waals surface area contributed by atoms with Gasteiger partial charge in [0.1, 0.15) is 5.82 Å². The van der Waals surface area contributed by atoms with Crippen molar-refractivity contribution in [1.29, 1.82) is 0 Å². The Kier molecular flexibility index (Phi) is 4.62. The Labute approximate surface area is 157 Å². The zero-order valence-electron chi connectivity index (χ0n) is 15.5. The van der Waals surface area contributed by atoms with Crippen LogP contribution in [-0.2, 0) is 19.9 Å². The number of aromatic amines is 1. The highest BCUT2D eigenvalue weighted by molar-refractivity contribution is 5.90. The van der Waals surface area contributed by atoms with Crippen LogP contribution < -0.4 is 10.2 Å². The molecule has 2 aromatic heterocycles. The molecule has 1 atom stereocenters. The lowest BCUT2D eigenvalue weighted by Gasteiger charge is -2.22. The summed E-state index contributed by atoms with van der Waals surface area (Å²) >= 11 is 0. The number of fused-ring (bicyclic) bond motifs is 1. The fourth-order valence-corrected chi connectivity index (χ4v) is 3.49. The summed E-state index contributed by atoms with van der Waals surface area (Å²) in [7, 11) is 3.95. The molecule has 1 aliphatic rings. The first-order valence-electron chi connectivity index (χ1n) is 9.08. The van der Waals surface area contributed by atoms with Crippen LogP contribution in [0.5, 0.6) is 0 Å². The van der Waals surface area contributed by atoms with E-state index in [-0.39, 0.29) is 17.8 Å². The number of amides is 1. The van der Waals surface area contributed by atoms with Crippen LogP contribution in [0.1, 0.15) is 34.1 Å². The number of nitrogens with one attached hydrogen (secondary N) is 2. The van der Waals surface area contributed by atoms with Crippen molar-refractivity contribution < 1.29 is 4.79 Å². The van der Waals surface area contributed by atoms with Gasteiger partial charge in [0.05, 0.1) is 11.4 Å². The van der Waals surface area contributed by atoms with Gasteiger partial charge in [-0.2, -0.15) is 5.10 Å². The summed E-state index contributed by atoms with van der Waals surface area (Å²) in [5.41, 5.74) is 3.32. The van der Waals surface area contributed by atoms with Crippen LogP contribution in [0.4, 0.5) is 5.69 Å². The van der Waals surface area contributed by atoms with Gasteiger partial charge in [-0.25, -0.2) is 0 Å². The molecule has 0 fully saturated rings. The lowest BCUT2D eigenvalue weighted by molar-refractivity contribution is 0.0926. The quantitative estimate of drug-likeness (QED) is 0.727. The Morgan fingerprint density at radius 3 is 2.89 bits per heavy atom. The summed E-state index contributed by atoms with van der Waals surface area (Å²) in [6, 6.07) is 10.0. The molecule has 0 spiro atoms. The Morgan fingerprint density at radius 1 is 1.26 bits per heavy atom. The molecule has 0 saturated carbocycles. The van der Waals surface area contributed by atoms with E-state index in [2.05, 4.69) is 30.5 Å². The van der Waals surface area contributed by atoms with Crippen LogP contribution in [0.15, 0.2) is 36.5 Å². The highest BCUT2D eigenvalue weighted by atomic mass is 16.2. The summed E-state index contributed by atoms with van der Waals surface area (Å²) in [4.78, 5) is 17.8. The summed E-state index contributed by atoms with van der Waals surface area (Å²) < 4.78 is 1.84. The van der Waals surface area contributed by atoms with Gasteiger partial charge in [0.25, 0.3) is 5.91 Å². The Bertz CT molecular complexity index is 931. The van der Waals surface area contributed by atoms with E-state index >= 15 is 0 Å². The average Bonchev–Trinajstić information content (AvgIpc) is 3.24. The molecule has 4 rings (SSSR count). The molecular formula is C19H23N7O. The maximum Gasteiger partial charge on any atom is 0.289 e. The minimum absolute atomic E-state index is 0.0321. The standard InChI is InChI=1S/C19H23N7O/c1-25-11-14(8-9-15-16(25)12-26(2)24-15)20-19(27)18-21-17(22-23-18)10-13-6-4-3-5-7-13/h3-7,12,14H,8-11H2,1-2H3,(H,20,27)(H,21,22,23)/t14-/m1/s1. The third kappa shape index (κ3) is 3.84. The number of carbonyl (C=O) groups excluding carboxylic acids is 1. The number of benzene rings is 1. The van der Waals surface area contributed by atoms with Crippen molar-refractivity contribution in [2.24, 2.45) is 7.05 Å². The first-order chi connectivity index (χ1) is 13.1. The van der Waals surface area contributed by atoms with Crippen molar-refractivity contribution in [3.63, 3.8) is 0 Å². The Morgan fingerprint density at radius 2 is 2.07 bits per heavy atom. The van der Waals surface area contributed by atoms with Crippen molar-refractivity contribution in [2.75, 3.05) is 18.5 Å². The van der Waals surface area contributed by atoms with Gasteiger partial charge in [0, 0.05) is 39.3 Å². The van der Waals surface area contributed by atoms with E-state index in [1.54, 1.807) is 0 Å². The molecule has 8 nitrogen and oxygen atoms in total. The second kappa shape index (κ2) is 7.22. The van der Waals surface area contributed by atoms with Crippen LogP contribution in [0.2, 0.25) is 0 Å². The zero-order chi connectivity index (χ0) is 18.8. The van der Waals surface area contributed by atoms with E-state index < -0.39 is 0 Å². The SMILES string of the molecule is CN1C[C@H](NC(=O)c2nnc(Cc3ccccc3)[nH]2)CCc2nn(C)cc21. The number of nitrogens with zero attached hydrogens (tertiary/aromatic N) is 5. The molecule has 27 heavy (non-hydrogen) atoms. The number of hydrogen-bond acceptors (Lipinski definition) is 5. The largest absolute Gasteiger partial charge is 0.370 e. The van der Waals surface area contributed by atoms with Crippen LogP contribution in [0.25, 0.3) is 0 Å². The molecule has 8 heteroatoms. The number of likely N-dealkylation sites (N-methyl/N-ethyl adjacent to an activating group) is 1. The van der Waals surface area contributed by atoms with Gasteiger partial charge in [-0.15, -0.1) is 10.2 Å². The number of aryl methyl sites for hydroxylation is 2. The van der Waals surface area contributed by atoms with E-state index in [0.717, 1.165) is 36.3 Å². The van der Waals surface area contributed by atoms with E-state index in [0.29, 0.717) is 12.2 Å². The average molecular weight is 365 g/mol. The number of carbonyl (C=O) groups is 1. The number of aromatic nitrogens is 5. The van der Waals surface area contributed by atoms with Crippen LogP contribution in [0.3, 0.4) is 0 Å². The second-order valence-corrected chi connectivity index (χ2v) is 7.01. The topological polar surface area (TPSA) is 91.7 Å². The maximum atomic E-state index is 12.6. The van der Waals surface area contributed by atoms with Gasteiger partial charge in [-0.1, -0.05) is 30.3 Å². The second-order valence-electron chi connectivity index (χ2n) is 7.01. The minimum atomic E-state index is -0.222. The fourth-order valence-electron chi connectivity index (χ4n) is 3.49. The van der Waals surface area contributed by atoms with Crippen LogP contribution in [-0.4, -0.2) is 50.5 Å². The smallest absolute Gasteiger partial charge is 0.289 e. The zero-order valence-corrected chi connectivity index (χ0v) is 15.5. The number of hydrogen-bond donors (Lipinski definition) is 2. The molecular weight excluding hydrogens is 342 g/mol. The Hall–Kier alpha value is -3.16. The molecule has 1 amide bonds. The lowest BCUT2D eigenvalue weighted by Crippen LogP contribution is -2.42. The molecule has 0 radical (unpaired) electrons. The Balaban J connectivity index is 1.39. The van der Waals surface area contributed by atoms with E-state index in [1.165, 1.54) is 0 Å². The number of rotatable bonds is 4. The molecule has 2 N–H and O–H groups in total. The van der Waals surface area contributed by atoms with Crippen LogP contribution in [0, 0.1) is 0 Å².